The van der Waals surface area contributed by atoms with Gasteiger partial charge in [0.15, 0.2) is 6.10 Å². The number of hydrogen-bond acceptors (Lipinski definition) is 11. The molecule has 0 aliphatic rings. The lowest BCUT2D eigenvalue weighted by Crippen LogP contribution is -2.37. The van der Waals surface area contributed by atoms with Crippen LogP contribution < -0.4 is 0 Å². The van der Waals surface area contributed by atoms with E-state index in [-0.39, 0.29) is 49.8 Å². The van der Waals surface area contributed by atoms with Gasteiger partial charge in [-0.25, -0.2) is 4.57 Å². The van der Waals surface area contributed by atoms with Crippen molar-refractivity contribution in [2.45, 2.75) is 278 Å². The predicted molar refractivity (Wildman–Crippen MR) is 293 cm³/mol. The Morgan fingerprint density at radius 1 is 0.417 bits per heavy atom. The van der Waals surface area contributed by atoms with Gasteiger partial charge in [0.25, 0.3) is 0 Å². The molecule has 426 valence electrons. The summed E-state index contributed by atoms with van der Waals surface area (Å²) in [6.07, 6.45) is 37.2. The van der Waals surface area contributed by atoms with Crippen molar-refractivity contribution >= 4 is 31.7 Å². The highest BCUT2D eigenvalue weighted by Crippen LogP contribution is 2.43. The summed E-state index contributed by atoms with van der Waals surface area (Å²) in [6, 6.07) is 0. The first-order chi connectivity index (χ1) is 34.7. The highest BCUT2D eigenvalue weighted by molar-refractivity contribution is 7.47. The predicted octanol–water partition coefficient (Wildman–Crippen LogP) is 15.5. The lowest BCUT2D eigenvalue weighted by atomic mass is 9.94. The summed E-state index contributed by atoms with van der Waals surface area (Å²) in [6.45, 7) is 9.26. The van der Waals surface area contributed by atoms with Crippen molar-refractivity contribution in [2.75, 3.05) is 60.7 Å². The molecule has 0 saturated carbocycles. The van der Waals surface area contributed by atoms with Crippen LogP contribution >= 0.6 is 7.82 Å². The first kappa shape index (κ1) is 70.0. The van der Waals surface area contributed by atoms with Crippen LogP contribution in [0.15, 0.2) is 0 Å². The molecule has 14 heteroatoms. The Hall–Kier alpha value is -2.05. The molecule has 72 heavy (non-hydrogen) atoms. The number of ether oxygens (including phenoxy) is 4. The van der Waals surface area contributed by atoms with Gasteiger partial charge in [0.2, 0.25) is 0 Å². The monoisotopic (exact) mass is 1050 g/mol. The third kappa shape index (κ3) is 46.5. The minimum atomic E-state index is -4.47. The fourth-order valence-electron chi connectivity index (χ4n) is 8.74. The van der Waals surface area contributed by atoms with E-state index in [1.807, 2.05) is 21.1 Å². The van der Waals surface area contributed by atoms with Crippen LogP contribution in [0.3, 0.4) is 0 Å². The minimum Gasteiger partial charge on any atom is -0.465 e. The van der Waals surface area contributed by atoms with Crippen molar-refractivity contribution in [2.24, 2.45) is 11.8 Å². The van der Waals surface area contributed by atoms with Gasteiger partial charge in [-0.2, -0.15) is 0 Å². The third-order valence-corrected chi connectivity index (χ3v) is 14.5. The van der Waals surface area contributed by atoms with Gasteiger partial charge in [-0.05, 0) is 51.4 Å². The summed E-state index contributed by atoms with van der Waals surface area (Å²) in [4.78, 5) is 62.2. The smallest absolute Gasteiger partial charge is 0.465 e. The van der Waals surface area contributed by atoms with E-state index in [1.54, 1.807) is 0 Å². The van der Waals surface area contributed by atoms with E-state index < -0.39 is 32.5 Å². The number of quaternary nitrogens is 1. The van der Waals surface area contributed by atoms with Gasteiger partial charge >= 0.3 is 31.7 Å². The van der Waals surface area contributed by atoms with Crippen LogP contribution in [0.2, 0.25) is 0 Å². The second-order valence-electron chi connectivity index (χ2n) is 21.7. The molecule has 0 aromatic carbocycles. The highest BCUT2D eigenvalue weighted by Gasteiger charge is 2.27. The molecule has 0 heterocycles. The van der Waals surface area contributed by atoms with Crippen LogP contribution in [0.25, 0.3) is 0 Å². The highest BCUT2D eigenvalue weighted by atomic mass is 31.2. The standard InChI is InChI=1S/C58H112NO12P/c1-8-12-16-20-24-32-40-52(41-33-25-21-17-13-9-2)57(62)66-47-38-30-28-36-44-55(60)68-50-54(51-70-72(64,65)69-49-46-59(5,6)7)71-56(61)45-37-29-31-39-48-67-58(63)53(42-34-26-22-18-14-10-3)43-35-27-23-19-15-11-4/h52-54H,8-51H2,1-7H3/p+1/t54-/m0/s1. The number of nitrogens with zero attached hydrogens (tertiary/aromatic N) is 1. The zero-order valence-electron chi connectivity index (χ0n) is 47.7. The second kappa shape index (κ2) is 48.6. The lowest BCUT2D eigenvalue weighted by Gasteiger charge is -2.24. The zero-order valence-corrected chi connectivity index (χ0v) is 48.6. The van der Waals surface area contributed by atoms with Crippen LogP contribution in [-0.2, 0) is 51.7 Å². The first-order valence-electron chi connectivity index (χ1n) is 29.8. The third-order valence-electron chi connectivity index (χ3n) is 13.5. The Balaban J connectivity index is 4.91. The summed E-state index contributed by atoms with van der Waals surface area (Å²) in [5, 5.41) is 0. The lowest BCUT2D eigenvalue weighted by molar-refractivity contribution is -0.870. The summed E-state index contributed by atoms with van der Waals surface area (Å²) >= 11 is 0. The summed E-state index contributed by atoms with van der Waals surface area (Å²) in [5.41, 5.74) is 0. The molecule has 0 aliphatic carbocycles. The first-order valence-corrected chi connectivity index (χ1v) is 31.3. The van der Waals surface area contributed by atoms with Crippen molar-refractivity contribution in [3.63, 3.8) is 0 Å². The normalized spacial score (nSPS) is 13.1. The van der Waals surface area contributed by atoms with Crippen molar-refractivity contribution in [3.8, 4) is 0 Å². The average Bonchev–Trinajstić information content (AvgIpc) is 3.33. The van der Waals surface area contributed by atoms with Crippen LogP contribution in [0.5, 0.6) is 0 Å². The fourth-order valence-corrected chi connectivity index (χ4v) is 9.48. The molecule has 1 N–H and O–H groups in total. The molecule has 0 aromatic rings. The maximum atomic E-state index is 13.1. The number of carbonyl (C=O) groups is 4. The number of likely N-dealkylation sites (N-methyl/N-ethyl adjacent to an activating group) is 1. The SMILES string of the molecule is CCCCCCCCC(CCCCCCCC)C(=O)OCCCCCCC(=O)OC[C@@H](COP(=O)(O)OCC[N+](C)(C)C)OC(=O)CCCCCCOC(=O)C(CCCCCCCC)CCCCCCCC. The van der Waals surface area contributed by atoms with Crippen LogP contribution in [0, 0.1) is 11.8 Å². The Morgan fingerprint density at radius 3 is 1.15 bits per heavy atom. The van der Waals surface area contributed by atoms with E-state index in [0.717, 1.165) is 96.3 Å². The molecule has 0 saturated heterocycles. The summed E-state index contributed by atoms with van der Waals surface area (Å²) in [5.74, 6) is -1.21. The number of unbranched alkanes of at least 4 members (excludes halogenated alkanes) is 26. The molecule has 0 fully saturated rings. The number of rotatable bonds is 54. The number of phosphoric acid groups is 1. The Bertz CT molecular complexity index is 1310. The van der Waals surface area contributed by atoms with Crippen molar-refractivity contribution in [1.82, 2.24) is 0 Å². The number of hydrogen-bond donors (Lipinski definition) is 1. The van der Waals surface area contributed by atoms with Gasteiger partial charge < -0.3 is 28.3 Å². The quantitative estimate of drug-likeness (QED) is 0.0202. The minimum absolute atomic E-state index is 0.0175. The van der Waals surface area contributed by atoms with E-state index in [9.17, 15) is 28.6 Å². The Labute approximate surface area is 441 Å². The van der Waals surface area contributed by atoms with Gasteiger partial charge in [0, 0.05) is 12.8 Å². The van der Waals surface area contributed by atoms with E-state index in [0.29, 0.717) is 43.5 Å². The summed E-state index contributed by atoms with van der Waals surface area (Å²) in [7, 11) is 1.32. The number of carbonyl (C=O) groups excluding carboxylic acids is 4. The van der Waals surface area contributed by atoms with Crippen LogP contribution in [0.1, 0.15) is 272 Å². The molecule has 0 radical (unpaired) electrons. The maximum Gasteiger partial charge on any atom is 0.472 e. The molecular weight excluding hydrogens is 934 g/mol. The van der Waals surface area contributed by atoms with Crippen LogP contribution in [0.4, 0.5) is 0 Å². The summed E-state index contributed by atoms with van der Waals surface area (Å²) < 4.78 is 46.1. The molecule has 0 aromatic heterocycles. The molecular formula is C58H113NO12P+. The average molecular weight is 1050 g/mol. The molecule has 0 bridgehead atoms. The van der Waals surface area contributed by atoms with Crippen molar-refractivity contribution < 1.29 is 61.1 Å². The Morgan fingerprint density at radius 2 is 0.764 bits per heavy atom. The van der Waals surface area contributed by atoms with E-state index in [4.69, 9.17) is 28.0 Å². The molecule has 2 atom stereocenters. The molecule has 1 unspecified atom stereocenters. The second-order valence-corrected chi connectivity index (χ2v) is 23.1. The maximum absolute atomic E-state index is 13.1. The largest absolute Gasteiger partial charge is 0.472 e. The molecule has 0 aliphatic heterocycles. The van der Waals surface area contributed by atoms with Gasteiger partial charge in [-0.15, -0.1) is 0 Å². The van der Waals surface area contributed by atoms with Gasteiger partial charge in [-0.1, -0.05) is 207 Å². The molecule has 0 spiro atoms. The fraction of sp³-hybridized carbons (Fsp3) is 0.931. The van der Waals surface area contributed by atoms with Crippen molar-refractivity contribution in [1.29, 1.82) is 0 Å². The van der Waals surface area contributed by atoms with Gasteiger partial charge in [-0.3, -0.25) is 28.2 Å². The number of esters is 4. The molecule has 0 rings (SSSR count). The number of phosphoric ester groups is 1. The Kier molecular flexibility index (Phi) is 47.2. The molecule has 0 amide bonds. The zero-order chi connectivity index (χ0) is 53.4. The van der Waals surface area contributed by atoms with Gasteiger partial charge in [0.05, 0.1) is 52.8 Å². The van der Waals surface area contributed by atoms with Crippen LogP contribution in [-0.4, -0.2) is 100 Å². The van der Waals surface area contributed by atoms with Crippen molar-refractivity contribution in [3.05, 3.63) is 0 Å². The topological polar surface area (TPSA) is 161 Å². The van der Waals surface area contributed by atoms with Gasteiger partial charge in [0.1, 0.15) is 19.8 Å². The van der Waals surface area contributed by atoms with E-state index in [1.165, 1.54) is 116 Å². The molecule has 13 nitrogen and oxygen atoms in total. The van der Waals surface area contributed by atoms with E-state index in [2.05, 4.69) is 27.7 Å². The van der Waals surface area contributed by atoms with E-state index >= 15 is 0 Å².